The van der Waals surface area contributed by atoms with Crippen molar-refractivity contribution < 1.29 is 4.57 Å². The Hall–Kier alpha value is -2.41. The molecule has 0 saturated heterocycles. The van der Waals surface area contributed by atoms with Crippen LogP contribution in [0.1, 0.15) is 68.4 Å². The Morgan fingerprint density at radius 3 is 2.29 bits per heavy atom. The summed E-state index contributed by atoms with van der Waals surface area (Å²) >= 11 is 0. The molecule has 31 heavy (non-hydrogen) atoms. The largest absolute Gasteiger partial charge is 0.213 e. The van der Waals surface area contributed by atoms with Crippen LogP contribution in [0.3, 0.4) is 0 Å². The molecule has 2 aromatic carbocycles. The number of aromatic nitrogens is 1. The first kappa shape index (κ1) is 20.5. The molecule has 5 rings (SSSR count). The molecule has 2 atom stereocenters. The van der Waals surface area contributed by atoms with Crippen LogP contribution in [0.5, 0.6) is 0 Å². The molecule has 1 nitrogen and oxygen atoms in total. The number of rotatable bonds is 4. The van der Waals surface area contributed by atoms with Gasteiger partial charge in [-0.3, -0.25) is 0 Å². The van der Waals surface area contributed by atoms with Gasteiger partial charge in [0, 0.05) is 17.7 Å². The van der Waals surface area contributed by atoms with Crippen LogP contribution in [-0.4, -0.2) is 0 Å². The highest BCUT2D eigenvalue weighted by atomic mass is 14.9. The third-order valence-corrected chi connectivity index (χ3v) is 8.08. The van der Waals surface area contributed by atoms with Crippen molar-refractivity contribution in [2.45, 2.75) is 64.2 Å². The fraction of sp³-hybridized carbons (Fsp3) is 0.433. The summed E-state index contributed by atoms with van der Waals surface area (Å²) in [6.07, 6.45) is 13.8. The van der Waals surface area contributed by atoms with Crippen LogP contribution < -0.4 is 4.57 Å². The molecule has 2 aliphatic rings. The van der Waals surface area contributed by atoms with Crippen LogP contribution in [0.15, 0.2) is 66.9 Å². The van der Waals surface area contributed by atoms with Gasteiger partial charge >= 0.3 is 0 Å². The second kappa shape index (κ2) is 8.99. The molecule has 0 aliphatic heterocycles. The molecule has 0 amide bonds. The minimum Gasteiger partial charge on any atom is -0.201 e. The van der Waals surface area contributed by atoms with Crippen molar-refractivity contribution in [2.75, 3.05) is 0 Å². The smallest absolute Gasteiger partial charge is 0.201 e. The zero-order valence-corrected chi connectivity index (χ0v) is 19.2. The van der Waals surface area contributed by atoms with E-state index in [1.807, 2.05) is 0 Å². The number of pyridine rings is 1. The zero-order valence-electron chi connectivity index (χ0n) is 19.2. The molecule has 1 heteroatoms. The Labute approximate surface area is 188 Å². The first-order chi connectivity index (χ1) is 15.2. The Morgan fingerprint density at radius 1 is 0.742 bits per heavy atom. The summed E-state index contributed by atoms with van der Waals surface area (Å²) in [5.74, 6) is 2.77. The van der Waals surface area contributed by atoms with Gasteiger partial charge in [-0.2, -0.15) is 0 Å². The Morgan fingerprint density at radius 2 is 1.52 bits per heavy atom. The highest BCUT2D eigenvalue weighted by Gasteiger charge is 2.32. The predicted octanol–water partition coefficient (Wildman–Crippen LogP) is 7.62. The number of hydrogen-bond donors (Lipinski definition) is 0. The van der Waals surface area contributed by atoms with E-state index < -0.39 is 0 Å². The van der Waals surface area contributed by atoms with Gasteiger partial charge in [-0.25, -0.2) is 4.57 Å². The van der Waals surface area contributed by atoms with Gasteiger partial charge in [-0.05, 0) is 72.3 Å². The van der Waals surface area contributed by atoms with Crippen molar-refractivity contribution in [3.05, 3.63) is 78.0 Å². The van der Waals surface area contributed by atoms with E-state index in [1.165, 1.54) is 79.3 Å². The standard InChI is InChI=1S/C30H36N/c1-22-8-6-7-11-29(22)30-21-28(18-19-31(30)2)25-14-12-24(13-15-25)27-17-16-26(20-27)23-9-4-3-5-10-23/h6-8,11-15,18-19,21,23,26-27H,3-5,9-10,16-17,20H2,1-2H3/q+1. The first-order valence-corrected chi connectivity index (χ1v) is 12.3. The molecule has 0 spiro atoms. The highest BCUT2D eigenvalue weighted by molar-refractivity contribution is 5.70. The molecule has 0 N–H and O–H groups in total. The van der Waals surface area contributed by atoms with E-state index in [9.17, 15) is 0 Å². The molecule has 3 aromatic rings. The fourth-order valence-corrected chi connectivity index (χ4v) is 6.18. The summed E-state index contributed by atoms with van der Waals surface area (Å²) < 4.78 is 2.23. The summed E-state index contributed by atoms with van der Waals surface area (Å²) in [7, 11) is 2.14. The quantitative estimate of drug-likeness (QED) is 0.390. The van der Waals surface area contributed by atoms with Gasteiger partial charge < -0.3 is 0 Å². The predicted molar refractivity (Wildman–Crippen MR) is 130 cm³/mol. The summed E-state index contributed by atoms with van der Waals surface area (Å²) in [6.45, 7) is 2.19. The third kappa shape index (κ3) is 4.33. The SMILES string of the molecule is Cc1ccccc1-c1cc(-c2ccc(C3CCC(C4CCCCC4)C3)cc2)cc[n+]1C. The van der Waals surface area contributed by atoms with Gasteiger partial charge in [0.05, 0.1) is 0 Å². The maximum atomic E-state index is 2.41. The van der Waals surface area contributed by atoms with Crippen LogP contribution in [0, 0.1) is 18.8 Å². The number of benzene rings is 2. The van der Waals surface area contributed by atoms with Crippen LogP contribution in [-0.2, 0) is 7.05 Å². The Kier molecular flexibility index (Phi) is 5.94. The summed E-state index contributed by atoms with van der Waals surface area (Å²) in [5, 5.41) is 0. The van der Waals surface area contributed by atoms with Crippen molar-refractivity contribution in [3.63, 3.8) is 0 Å². The minimum atomic E-state index is 0.775. The molecule has 2 saturated carbocycles. The normalized spacial score (nSPS) is 22.0. The van der Waals surface area contributed by atoms with Crippen LogP contribution in [0.4, 0.5) is 0 Å². The third-order valence-electron chi connectivity index (χ3n) is 8.08. The van der Waals surface area contributed by atoms with Crippen molar-refractivity contribution in [2.24, 2.45) is 18.9 Å². The van der Waals surface area contributed by atoms with Gasteiger partial charge in [0.1, 0.15) is 7.05 Å². The van der Waals surface area contributed by atoms with Crippen molar-refractivity contribution in [1.29, 1.82) is 0 Å². The zero-order chi connectivity index (χ0) is 21.2. The average molecular weight is 411 g/mol. The van der Waals surface area contributed by atoms with Gasteiger partial charge in [0.2, 0.25) is 5.69 Å². The van der Waals surface area contributed by atoms with E-state index in [4.69, 9.17) is 0 Å². The summed E-state index contributed by atoms with van der Waals surface area (Å²) in [4.78, 5) is 0. The second-order valence-corrected chi connectivity index (χ2v) is 10.0. The fourth-order valence-electron chi connectivity index (χ4n) is 6.18. The first-order valence-electron chi connectivity index (χ1n) is 12.3. The number of aryl methyl sites for hydroxylation is 2. The maximum absolute atomic E-state index is 2.41. The van der Waals surface area contributed by atoms with E-state index in [1.54, 1.807) is 5.56 Å². The molecule has 2 unspecified atom stereocenters. The molecule has 1 aromatic heterocycles. The lowest BCUT2D eigenvalue weighted by atomic mass is 9.78. The summed E-state index contributed by atoms with van der Waals surface area (Å²) in [6, 6.07) is 22.7. The molecule has 0 bridgehead atoms. The lowest BCUT2D eigenvalue weighted by molar-refractivity contribution is -0.660. The molecular formula is C30H36N+. The Bertz CT molecular complexity index is 1030. The van der Waals surface area contributed by atoms with Crippen LogP contribution in [0.25, 0.3) is 22.4 Å². The van der Waals surface area contributed by atoms with E-state index in [2.05, 4.69) is 85.4 Å². The van der Waals surface area contributed by atoms with E-state index in [0.717, 1.165) is 17.8 Å². The van der Waals surface area contributed by atoms with Crippen molar-refractivity contribution >= 4 is 0 Å². The highest BCUT2D eigenvalue weighted by Crippen LogP contribution is 2.45. The van der Waals surface area contributed by atoms with Gasteiger partial charge in [0.25, 0.3) is 0 Å². The topological polar surface area (TPSA) is 3.88 Å². The van der Waals surface area contributed by atoms with E-state index >= 15 is 0 Å². The summed E-state index contributed by atoms with van der Waals surface area (Å²) in [5.41, 5.74) is 8.08. The lowest BCUT2D eigenvalue weighted by Gasteiger charge is -2.27. The van der Waals surface area contributed by atoms with Crippen LogP contribution in [0.2, 0.25) is 0 Å². The second-order valence-electron chi connectivity index (χ2n) is 10.0. The van der Waals surface area contributed by atoms with Crippen molar-refractivity contribution in [3.8, 4) is 22.4 Å². The lowest BCUT2D eigenvalue weighted by Crippen LogP contribution is -2.30. The monoisotopic (exact) mass is 410 g/mol. The van der Waals surface area contributed by atoms with Crippen LogP contribution >= 0.6 is 0 Å². The minimum absolute atomic E-state index is 0.775. The molecule has 160 valence electrons. The van der Waals surface area contributed by atoms with Gasteiger partial charge in [-0.15, -0.1) is 0 Å². The van der Waals surface area contributed by atoms with Gasteiger partial charge in [0.15, 0.2) is 6.20 Å². The van der Waals surface area contributed by atoms with Gasteiger partial charge in [-0.1, -0.05) is 74.6 Å². The molecular weight excluding hydrogens is 374 g/mol. The number of nitrogens with zero attached hydrogens (tertiary/aromatic N) is 1. The molecule has 1 heterocycles. The van der Waals surface area contributed by atoms with E-state index in [-0.39, 0.29) is 0 Å². The number of hydrogen-bond acceptors (Lipinski definition) is 0. The average Bonchev–Trinajstić information content (AvgIpc) is 3.31. The maximum Gasteiger partial charge on any atom is 0.213 e. The molecule has 0 radical (unpaired) electrons. The van der Waals surface area contributed by atoms with E-state index in [0.29, 0.717) is 0 Å². The van der Waals surface area contributed by atoms with Crippen molar-refractivity contribution in [1.82, 2.24) is 0 Å². The Balaban J connectivity index is 1.34. The molecule has 2 aliphatic carbocycles. The molecule has 2 fully saturated rings.